The minimum atomic E-state index is -0.303. The Labute approximate surface area is 121 Å². The normalized spacial score (nSPS) is 10.8. The molecular weight excluding hydrogens is 269 g/mol. The lowest BCUT2D eigenvalue weighted by Crippen LogP contribution is -1.95. The van der Waals surface area contributed by atoms with E-state index in [4.69, 9.17) is 4.74 Å². The highest BCUT2D eigenvalue weighted by molar-refractivity contribution is 5.82. The Morgan fingerprint density at radius 2 is 1.95 bits per heavy atom. The molecule has 0 bridgehead atoms. The van der Waals surface area contributed by atoms with Crippen LogP contribution in [0.1, 0.15) is 11.1 Å². The summed E-state index contributed by atoms with van der Waals surface area (Å²) in [6.07, 6.45) is 0. The van der Waals surface area contributed by atoms with Crippen molar-refractivity contribution in [1.29, 1.82) is 0 Å². The topological polar surface area (TPSA) is 42.4 Å². The van der Waals surface area contributed by atoms with Gasteiger partial charge in [-0.15, -0.1) is 0 Å². The van der Waals surface area contributed by atoms with Gasteiger partial charge in [-0.2, -0.15) is 0 Å². The predicted molar refractivity (Wildman–Crippen MR) is 78.9 cm³/mol. The van der Waals surface area contributed by atoms with Gasteiger partial charge >= 0.3 is 0 Å². The number of pyridine rings is 1. The molecule has 0 aliphatic heterocycles. The second kappa shape index (κ2) is 5.50. The van der Waals surface area contributed by atoms with E-state index >= 15 is 0 Å². The molecule has 3 aromatic rings. The number of halogens is 1. The molecule has 0 aliphatic rings. The van der Waals surface area contributed by atoms with Crippen LogP contribution in [0.15, 0.2) is 48.5 Å². The number of rotatable bonds is 3. The first-order valence-corrected chi connectivity index (χ1v) is 6.61. The summed E-state index contributed by atoms with van der Waals surface area (Å²) in [5.41, 5.74) is 2.18. The molecule has 1 aromatic heterocycles. The van der Waals surface area contributed by atoms with E-state index in [9.17, 15) is 9.50 Å². The van der Waals surface area contributed by atoms with Crippen LogP contribution in [0.5, 0.6) is 11.6 Å². The molecule has 1 heterocycles. The van der Waals surface area contributed by atoms with E-state index < -0.39 is 0 Å². The lowest BCUT2D eigenvalue weighted by atomic mass is 10.1. The van der Waals surface area contributed by atoms with Crippen molar-refractivity contribution in [2.45, 2.75) is 13.5 Å². The number of aryl methyl sites for hydroxylation is 1. The number of hydrogen-bond acceptors (Lipinski definition) is 3. The Bertz CT molecular complexity index is 802. The van der Waals surface area contributed by atoms with Crippen LogP contribution in [0, 0.1) is 12.7 Å². The summed E-state index contributed by atoms with van der Waals surface area (Å²) in [7, 11) is 0. The third-order valence-electron chi connectivity index (χ3n) is 3.30. The summed E-state index contributed by atoms with van der Waals surface area (Å²) in [5, 5.41) is 10.4. The first kappa shape index (κ1) is 13.5. The third kappa shape index (κ3) is 2.71. The van der Waals surface area contributed by atoms with Crippen LogP contribution in [-0.4, -0.2) is 10.1 Å². The van der Waals surface area contributed by atoms with Gasteiger partial charge in [-0.25, -0.2) is 9.37 Å². The monoisotopic (exact) mass is 283 g/mol. The molecule has 0 saturated carbocycles. The Kier molecular flexibility index (Phi) is 3.54. The van der Waals surface area contributed by atoms with Crippen molar-refractivity contribution in [3.63, 3.8) is 0 Å². The summed E-state index contributed by atoms with van der Waals surface area (Å²) >= 11 is 0. The molecule has 0 spiro atoms. The van der Waals surface area contributed by atoms with Gasteiger partial charge in [0.05, 0.1) is 12.1 Å². The van der Waals surface area contributed by atoms with Crippen molar-refractivity contribution in [2.24, 2.45) is 0 Å². The van der Waals surface area contributed by atoms with Crippen molar-refractivity contribution in [2.75, 3.05) is 0 Å². The Morgan fingerprint density at radius 3 is 2.71 bits per heavy atom. The maximum absolute atomic E-state index is 13.1. The number of nitrogens with zero attached hydrogens (tertiary/aromatic N) is 1. The quantitative estimate of drug-likeness (QED) is 0.791. The maximum atomic E-state index is 13.1. The number of fused-ring (bicyclic) bond motifs is 1. The summed E-state index contributed by atoms with van der Waals surface area (Å²) in [6, 6.07) is 13.6. The lowest BCUT2D eigenvalue weighted by molar-refractivity contribution is 0.282. The number of ether oxygens (including phenoxy) is 1. The second-order valence-electron chi connectivity index (χ2n) is 4.81. The van der Waals surface area contributed by atoms with Gasteiger partial charge in [-0.1, -0.05) is 18.2 Å². The number of benzene rings is 2. The van der Waals surface area contributed by atoms with Crippen LogP contribution in [0.25, 0.3) is 10.9 Å². The van der Waals surface area contributed by atoms with Gasteiger partial charge < -0.3 is 9.84 Å². The van der Waals surface area contributed by atoms with E-state index in [1.54, 1.807) is 19.1 Å². The van der Waals surface area contributed by atoms with E-state index in [-0.39, 0.29) is 12.4 Å². The first-order chi connectivity index (χ1) is 10.2. The van der Waals surface area contributed by atoms with Gasteiger partial charge in [0.25, 0.3) is 0 Å². The van der Waals surface area contributed by atoms with Crippen molar-refractivity contribution in [1.82, 2.24) is 4.98 Å². The zero-order valence-electron chi connectivity index (χ0n) is 11.5. The first-order valence-electron chi connectivity index (χ1n) is 6.61. The van der Waals surface area contributed by atoms with Gasteiger partial charge in [-0.05, 0) is 42.3 Å². The number of para-hydroxylation sites is 1. The lowest BCUT2D eigenvalue weighted by Gasteiger charge is -2.10. The molecule has 1 N–H and O–H groups in total. The average molecular weight is 283 g/mol. The molecule has 0 fully saturated rings. The van der Waals surface area contributed by atoms with Crippen LogP contribution in [0.2, 0.25) is 0 Å². The molecule has 0 saturated heterocycles. The number of hydrogen-bond donors (Lipinski definition) is 1. The van der Waals surface area contributed by atoms with Crippen LogP contribution in [0.3, 0.4) is 0 Å². The standard InChI is InChI=1S/C17H14FNO2/c1-11-8-13(18)6-7-16(11)21-17-9-12(10-20)14-4-2-3-5-15(14)19-17/h2-9,20H,10H2,1H3. The Hall–Kier alpha value is -2.46. The fourth-order valence-corrected chi connectivity index (χ4v) is 2.24. The van der Waals surface area contributed by atoms with Gasteiger partial charge in [0.1, 0.15) is 11.6 Å². The summed E-state index contributed by atoms with van der Waals surface area (Å²) in [4.78, 5) is 4.42. The molecule has 0 aliphatic carbocycles. The SMILES string of the molecule is Cc1cc(F)ccc1Oc1cc(CO)c2ccccc2n1. The molecule has 3 nitrogen and oxygen atoms in total. The third-order valence-corrected chi connectivity index (χ3v) is 3.30. The molecule has 0 atom stereocenters. The highest BCUT2D eigenvalue weighted by Crippen LogP contribution is 2.28. The molecule has 21 heavy (non-hydrogen) atoms. The Balaban J connectivity index is 2.04. The number of aliphatic hydroxyl groups excluding tert-OH is 1. The summed E-state index contributed by atoms with van der Waals surface area (Å²) < 4.78 is 18.8. The minimum absolute atomic E-state index is 0.0954. The minimum Gasteiger partial charge on any atom is -0.439 e. The summed E-state index contributed by atoms with van der Waals surface area (Å²) in [5.74, 6) is 0.623. The molecule has 2 aromatic carbocycles. The van der Waals surface area contributed by atoms with Gasteiger partial charge in [-0.3, -0.25) is 0 Å². The van der Waals surface area contributed by atoms with E-state index in [0.29, 0.717) is 17.2 Å². The highest BCUT2D eigenvalue weighted by atomic mass is 19.1. The largest absolute Gasteiger partial charge is 0.439 e. The maximum Gasteiger partial charge on any atom is 0.220 e. The van der Waals surface area contributed by atoms with Crippen molar-refractivity contribution < 1.29 is 14.2 Å². The van der Waals surface area contributed by atoms with Crippen LogP contribution in [0.4, 0.5) is 4.39 Å². The van der Waals surface area contributed by atoms with Gasteiger partial charge in [0.2, 0.25) is 5.88 Å². The summed E-state index contributed by atoms with van der Waals surface area (Å²) in [6.45, 7) is 1.67. The molecular formula is C17H14FNO2. The number of aliphatic hydroxyl groups is 1. The van der Waals surface area contributed by atoms with E-state index in [2.05, 4.69) is 4.98 Å². The fraction of sp³-hybridized carbons (Fsp3) is 0.118. The Morgan fingerprint density at radius 1 is 1.14 bits per heavy atom. The number of aromatic nitrogens is 1. The molecule has 0 unspecified atom stereocenters. The van der Waals surface area contributed by atoms with E-state index in [1.165, 1.54) is 12.1 Å². The average Bonchev–Trinajstić information content (AvgIpc) is 2.49. The van der Waals surface area contributed by atoms with E-state index in [1.807, 2.05) is 24.3 Å². The highest BCUT2D eigenvalue weighted by Gasteiger charge is 2.08. The van der Waals surface area contributed by atoms with Gasteiger partial charge in [0, 0.05) is 11.5 Å². The molecule has 3 rings (SSSR count). The van der Waals surface area contributed by atoms with Gasteiger partial charge in [0.15, 0.2) is 0 Å². The van der Waals surface area contributed by atoms with Crippen LogP contribution >= 0.6 is 0 Å². The van der Waals surface area contributed by atoms with Crippen molar-refractivity contribution >= 4 is 10.9 Å². The zero-order valence-corrected chi connectivity index (χ0v) is 11.5. The smallest absolute Gasteiger partial charge is 0.220 e. The van der Waals surface area contributed by atoms with Crippen LogP contribution < -0.4 is 4.74 Å². The molecule has 106 valence electrons. The van der Waals surface area contributed by atoms with Crippen molar-refractivity contribution in [3.05, 3.63) is 65.5 Å². The molecule has 0 amide bonds. The molecule has 4 heteroatoms. The fourth-order valence-electron chi connectivity index (χ4n) is 2.24. The molecule has 0 radical (unpaired) electrons. The van der Waals surface area contributed by atoms with E-state index in [0.717, 1.165) is 16.5 Å². The van der Waals surface area contributed by atoms with Crippen molar-refractivity contribution in [3.8, 4) is 11.6 Å². The second-order valence-corrected chi connectivity index (χ2v) is 4.81. The predicted octanol–water partition coefficient (Wildman–Crippen LogP) is 3.97. The van der Waals surface area contributed by atoms with Crippen LogP contribution in [-0.2, 0) is 6.61 Å². The zero-order chi connectivity index (χ0) is 14.8.